The molecule has 4 N–H and O–H groups in total. The molecule has 0 fully saturated rings. The van der Waals surface area contributed by atoms with E-state index >= 15 is 0 Å². The SMILES string of the molecule is CCc1cc(C(C)(C)c2ccc(O)c(CO)c2)cc(CO)c1O. The highest BCUT2D eigenvalue weighted by molar-refractivity contribution is 5.50. The van der Waals surface area contributed by atoms with E-state index in [2.05, 4.69) is 0 Å². The quantitative estimate of drug-likeness (QED) is 0.683. The zero-order valence-electron chi connectivity index (χ0n) is 13.8. The number of rotatable bonds is 5. The van der Waals surface area contributed by atoms with Crippen LogP contribution in [0.1, 0.15) is 48.6 Å². The number of hydrogen-bond acceptors (Lipinski definition) is 4. The van der Waals surface area contributed by atoms with Crippen LogP contribution < -0.4 is 0 Å². The molecule has 2 aromatic carbocycles. The number of hydrogen-bond donors (Lipinski definition) is 4. The van der Waals surface area contributed by atoms with Gasteiger partial charge in [0.25, 0.3) is 0 Å². The van der Waals surface area contributed by atoms with Crippen LogP contribution in [0, 0.1) is 0 Å². The number of aromatic hydroxyl groups is 2. The van der Waals surface area contributed by atoms with Gasteiger partial charge in [-0.05, 0) is 41.3 Å². The number of aryl methyl sites for hydroxylation is 1. The smallest absolute Gasteiger partial charge is 0.124 e. The van der Waals surface area contributed by atoms with Crippen LogP contribution in [0.25, 0.3) is 0 Å². The van der Waals surface area contributed by atoms with E-state index in [-0.39, 0.29) is 24.7 Å². The molecule has 0 saturated carbocycles. The average Bonchev–Trinajstić information content (AvgIpc) is 2.55. The fraction of sp³-hybridized carbons (Fsp3) is 0.368. The molecule has 23 heavy (non-hydrogen) atoms. The van der Waals surface area contributed by atoms with Gasteiger partial charge in [0.15, 0.2) is 0 Å². The minimum atomic E-state index is -0.404. The van der Waals surface area contributed by atoms with Gasteiger partial charge in [-0.25, -0.2) is 0 Å². The van der Waals surface area contributed by atoms with Crippen molar-refractivity contribution < 1.29 is 20.4 Å². The van der Waals surface area contributed by atoms with E-state index in [9.17, 15) is 20.4 Å². The Morgan fingerprint density at radius 3 is 1.96 bits per heavy atom. The van der Waals surface area contributed by atoms with E-state index in [1.54, 1.807) is 18.2 Å². The number of phenols is 2. The molecular weight excluding hydrogens is 292 g/mol. The molecule has 0 aromatic heterocycles. The summed E-state index contributed by atoms with van der Waals surface area (Å²) in [4.78, 5) is 0. The maximum atomic E-state index is 10.1. The van der Waals surface area contributed by atoms with Gasteiger partial charge < -0.3 is 20.4 Å². The fourth-order valence-electron chi connectivity index (χ4n) is 2.78. The Morgan fingerprint density at radius 1 is 0.826 bits per heavy atom. The van der Waals surface area contributed by atoms with Crippen LogP contribution in [0.5, 0.6) is 11.5 Å². The van der Waals surface area contributed by atoms with Crippen molar-refractivity contribution in [2.45, 2.75) is 45.8 Å². The Labute approximate surface area is 136 Å². The fourth-order valence-corrected chi connectivity index (χ4v) is 2.78. The number of benzene rings is 2. The zero-order chi connectivity index (χ0) is 17.2. The Morgan fingerprint density at radius 2 is 1.39 bits per heavy atom. The monoisotopic (exact) mass is 316 g/mol. The summed E-state index contributed by atoms with van der Waals surface area (Å²) in [6.45, 7) is 5.58. The van der Waals surface area contributed by atoms with Crippen molar-refractivity contribution in [2.75, 3.05) is 0 Å². The molecule has 2 rings (SSSR count). The van der Waals surface area contributed by atoms with E-state index in [0.717, 1.165) is 16.7 Å². The van der Waals surface area contributed by atoms with Crippen molar-refractivity contribution in [3.05, 3.63) is 58.1 Å². The maximum absolute atomic E-state index is 10.1. The van der Waals surface area contributed by atoms with Crippen molar-refractivity contribution in [3.63, 3.8) is 0 Å². The first-order chi connectivity index (χ1) is 10.8. The minimum Gasteiger partial charge on any atom is -0.508 e. The van der Waals surface area contributed by atoms with Crippen molar-refractivity contribution in [1.82, 2.24) is 0 Å². The van der Waals surface area contributed by atoms with Crippen molar-refractivity contribution in [2.24, 2.45) is 0 Å². The predicted molar refractivity (Wildman–Crippen MR) is 89.6 cm³/mol. The molecule has 4 heteroatoms. The molecule has 0 aliphatic carbocycles. The van der Waals surface area contributed by atoms with E-state index in [1.807, 2.05) is 32.9 Å². The van der Waals surface area contributed by atoms with Crippen LogP contribution in [0.15, 0.2) is 30.3 Å². The maximum Gasteiger partial charge on any atom is 0.124 e. The van der Waals surface area contributed by atoms with Crippen molar-refractivity contribution in [3.8, 4) is 11.5 Å². The van der Waals surface area contributed by atoms with Crippen molar-refractivity contribution in [1.29, 1.82) is 0 Å². The highest BCUT2D eigenvalue weighted by Gasteiger charge is 2.26. The van der Waals surface area contributed by atoms with Crippen LogP contribution in [0.2, 0.25) is 0 Å². The van der Waals surface area contributed by atoms with E-state index < -0.39 is 5.41 Å². The third-order valence-corrected chi connectivity index (χ3v) is 4.51. The third-order valence-electron chi connectivity index (χ3n) is 4.51. The molecule has 0 radical (unpaired) electrons. The Balaban J connectivity index is 2.59. The second kappa shape index (κ2) is 6.60. The van der Waals surface area contributed by atoms with E-state index in [4.69, 9.17) is 0 Å². The van der Waals surface area contributed by atoms with Crippen LogP contribution in [-0.2, 0) is 25.0 Å². The van der Waals surface area contributed by atoms with Gasteiger partial charge >= 0.3 is 0 Å². The lowest BCUT2D eigenvalue weighted by molar-refractivity contribution is 0.275. The Bertz CT molecular complexity index is 680. The summed E-state index contributed by atoms with van der Waals surface area (Å²) in [5.41, 5.74) is 3.28. The average molecular weight is 316 g/mol. The number of aliphatic hydroxyl groups excluding tert-OH is 2. The highest BCUT2D eigenvalue weighted by atomic mass is 16.3. The third kappa shape index (κ3) is 3.19. The first kappa shape index (κ1) is 17.3. The van der Waals surface area contributed by atoms with Gasteiger partial charge in [-0.15, -0.1) is 0 Å². The molecule has 0 aliphatic rings. The van der Waals surface area contributed by atoms with Gasteiger partial charge in [-0.3, -0.25) is 0 Å². The molecule has 0 atom stereocenters. The van der Waals surface area contributed by atoms with Gasteiger partial charge in [0.2, 0.25) is 0 Å². The second-order valence-electron chi connectivity index (χ2n) is 6.28. The van der Waals surface area contributed by atoms with E-state index in [0.29, 0.717) is 17.5 Å². The summed E-state index contributed by atoms with van der Waals surface area (Å²) in [6, 6.07) is 8.94. The summed E-state index contributed by atoms with van der Waals surface area (Å²) in [5, 5.41) is 38.7. The lowest BCUT2D eigenvalue weighted by atomic mass is 9.76. The lowest BCUT2D eigenvalue weighted by Crippen LogP contribution is -2.20. The number of aliphatic hydroxyl groups is 2. The van der Waals surface area contributed by atoms with Crippen LogP contribution in [-0.4, -0.2) is 20.4 Å². The molecular formula is C19H24O4. The molecule has 0 bridgehead atoms. The standard InChI is InChI=1S/C19H24O4/c1-4-12-7-16(9-14(11-21)18(12)23)19(2,3)15-5-6-17(22)13(8-15)10-20/h5-9,20-23H,4,10-11H2,1-3H3. The summed E-state index contributed by atoms with van der Waals surface area (Å²) in [7, 11) is 0. The zero-order valence-corrected chi connectivity index (χ0v) is 13.8. The Kier molecular flexibility index (Phi) is 4.97. The van der Waals surface area contributed by atoms with E-state index in [1.165, 1.54) is 0 Å². The minimum absolute atomic E-state index is 0.0723. The largest absolute Gasteiger partial charge is 0.508 e. The second-order valence-corrected chi connectivity index (χ2v) is 6.28. The molecule has 124 valence electrons. The summed E-state index contributed by atoms with van der Waals surface area (Å²) in [5.74, 6) is 0.222. The summed E-state index contributed by atoms with van der Waals surface area (Å²) < 4.78 is 0. The molecule has 0 unspecified atom stereocenters. The topological polar surface area (TPSA) is 80.9 Å². The van der Waals surface area contributed by atoms with Crippen molar-refractivity contribution >= 4 is 0 Å². The first-order valence-corrected chi connectivity index (χ1v) is 7.74. The van der Waals surface area contributed by atoms with Gasteiger partial charge in [-0.1, -0.05) is 32.9 Å². The summed E-state index contributed by atoms with van der Waals surface area (Å²) in [6.07, 6.45) is 0.667. The molecule has 0 saturated heterocycles. The normalized spacial score (nSPS) is 11.7. The molecule has 2 aromatic rings. The van der Waals surface area contributed by atoms with Gasteiger partial charge in [0.05, 0.1) is 13.2 Å². The highest BCUT2D eigenvalue weighted by Crippen LogP contribution is 2.37. The molecule has 4 nitrogen and oxygen atoms in total. The molecule has 0 heterocycles. The Hall–Kier alpha value is -2.04. The van der Waals surface area contributed by atoms with Crippen LogP contribution >= 0.6 is 0 Å². The summed E-state index contributed by atoms with van der Waals surface area (Å²) >= 11 is 0. The lowest BCUT2D eigenvalue weighted by Gasteiger charge is -2.28. The van der Waals surface area contributed by atoms with Gasteiger partial charge in [0, 0.05) is 16.5 Å². The molecule has 0 aliphatic heterocycles. The first-order valence-electron chi connectivity index (χ1n) is 7.74. The van der Waals surface area contributed by atoms with Gasteiger partial charge in [0.1, 0.15) is 11.5 Å². The molecule has 0 amide bonds. The van der Waals surface area contributed by atoms with Gasteiger partial charge in [-0.2, -0.15) is 0 Å². The van der Waals surface area contributed by atoms with Crippen LogP contribution in [0.4, 0.5) is 0 Å². The molecule has 0 spiro atoms. The predicted octanol–water partition coefficient (Wildman–Crippen LogP) is 2.97. The van der Waals surface area contributed by atoms with Crippen LogP contribution in [0.3, 0.4) is 0 Å².